The van der Waals surface area contributed by atoms with Crippen LogP contribution >= 0.6 is 34.7 Å². The van der Waals surface area contributed by atoms with Gasteiger partial charge in [0.05, 0.1) is 34.7 Å². The van der Waals surface area contributed by atoms with Gasteiger partial charge in [-0.05, 0) is 79.8 Å². The molecule has 0 saturated heterocycles. The third-order valence-electron chi connectivity index (χ3n) is 10.1. The Morgan fingerprint density at radius 3 is 2.65 bits per heavy atom. The predicted molar refractivity (Wildman–Crippen MR) is 214 cm³/mol. The molecule has 0 radical (unpaired) electrons. The quantitative estimate of drug-likeness (QED) is 0.0770. The number of fused-ring (bicyclic) bond motifs is 1. The Kier molecular flexibility index (Phi) is 13.5. The number of allylic oxidation sites excluding steroid dienone is 1. The smallest absolute Gasteiger partial charge is 0.411 e. The van der Waals surface area contributed by atoms with E-state index in [9.17, 15) is 29.7 Å². The first kappa shape index (κ1) is 40.6. The number of thioether (sulfide) groups is 1. The first-order valence-corrected chi connectivity index (χ1v) is 20.2. The zero-order valence-corrected chi connectivity index (χ0v) is 32.8. The van der Waals surface area contributed by atoms with Crippen LogP contribution in [0.2, 0.25) is 5.02 Å². The molecule has 2 aromatic carbocycles. The van der Waals surface area contributed by atoms with E-state index < -0.39 is 23.8 Å². The Hall–Kier alpha value is -4.09. The van der Waals surface area contributed by atoms with Crippen LogP contribution in [0.5, 0.6) is 11.5 Å². The van der Waals surface area contributed by atoms with Crippen LogP contribution in [0, 0.1) is 0 Å². The number of nitrogens with one attached hydrogen (secondary N) is 3. The lowest BCUT2D eigenvalue weighted by Gasteiger charge is -2.36. The average molecular weight is 813 g/mol. The van der Waals surface area contributed by atoms with Gasteiger partial charge in [-0.1, -0.05) is 29.8 Å². The molecular weight excluding hydrogens is 768 g/mol. The van der Waals surface area contributed by atoms with Gasteiger partial charge < -0.3 is 44.7 Å². The second kappa shape index (κ2) is 18.2. The number of nitrogens with zero attached hydrogens (tertiary/aromatic N) is 1. The number of benzene rings is 2. The number of anilines is 1. The molecular formula is C39H45ClN4O9S2. The monoisotopic (exact) mass is 812 g/mol. The number of aromatic amines is 1. The van der Waals surface area contributed by atoms with Crippen molar-refractivity contribution in [3.63, 3.8) is 0 Å². The maximum absolute atomic E-state index is 13.4. The fourth-order valence-electron chi connectivity index (χ4n) is 7.02. The van der Waals surface area contributed by atoms with Crippen LogP contribution in [-0.4, -0.2) is 88.5 Å². The van der Waals surface area contributed by atoms with Gasteiger partial charge in [0, 0.05) is 53.6 Å². The van der Waals surface area contributed by atoms with Crippen molar-refractivity contribution in [1.29, 1.82) is 0 Å². The van der Waals surface area contributed by atoms with Crippen molar-refractivity contribution in [2.75, 3.05) is 39.2 Å². The summed E-state index contributed by atoms with van der Waals surface area (Å²) in [5.74, 6) is -0.219. The SMILES string of the molecule is COc1cc(NC(=O)OCCN(C)C2CCC(OC(=O)C(O)(c3cccs3)C3CC=CS3)CC2)c(Cl)cc1CNC[C@H](O)c1ccc(O)c2[nH]c(=O)ccc12. The second-order valence-corrected chi connectivity index (χ2v) is 16.1. The molecule has 3 atom stereocenters. The lowest BCUT2D eigenvalue weighted by atomic mass is 9.91. The molecule has 1 aliphatic heterocycles. The van der Waals surface area contributed by atoms with Gasteiger partial charge in [0.25, 0.3) is 0 Å². The van der Waals surface area contributed by atoms with Crippen molar-refractivity contribution in [3.8, 4) is 11.5 Å². The molecule has 1 fully saturated rings. The first-order valence-electron chi connectivity index (χ1n) is 18.0. The number of aromatic nitrogens is 1. The summed E-state index contributed by atoms with van der Waals surface area (Å²) in [6.45, 7) is 1.07. The highest BCUT2D eigenvalue weighted by Gasteiger charge is 2.49. The molecule has 1 saturated carbocycles. The summed E-state index contributed by atoms with van der Waals surface area (Å²) in [6, 6.07) is 13.0. The van der Waals surface area contributed by atoms with E-state index >= 15 is 0 Å². The first-order chi connectivity index (χ1) is 26.5. The number of ether oxygens (including phenoxy) is 3. The van der Waals surface area contributed by atoms with E-state index in [1.54, 1.807) is 30.3 Å². The largest absolute Gasteiger partial charge is 0.506 e. The number of phenols is 1. The van der Waals surface area contributed by atoms with E-state index in [-0.39, 0.29) is 58.9 Å². The molecule has 1 aliphatic carbocycles. The van der Waals surface area contributed by atoms with Crippen molar-refractivity contribution in [1.82, 2.24) is 15.2 Å². The summed E-state index contributed by atoms with van der Waals surface area (Å²) >= 11 is 9.34. The highest BCUT2D eigenvalue weighted by atomic mass is 35.5. The Bertz CT molecular complexity index is 2050. The zero-order chi connectivity index (χ0) is 39.1. The summed E-state index contributed by atoms with van der Waals surface area (Å²) in [7, 11) is 3.47. The number of likely N-dealkylation sites (N-methyl/N-ethyl adjacent to an activating group) is 1. The standard InChI is InChI=1S/C39H45ClN4O9S2/c1-44(24-7-9-25(10-8-24)53-37(48)39(50,33-5-3-17-54-33)34-6-4-18-55-34)15-16-52-38(49)42-29-20-32(51-2)23(19-28(29)40)21-41-22-31(46)26-11-13-30(45)36-27(26)12-14-35(47)43-36/h3-5,11-14,17-20,24-25,31,34,41,45-46,50H,6-10,15-16,21-22H2,1-2H3,(H,42,49)(H,43,47)/t24?,25?,31-,34?,39?/m0/s1. The Morgan fingerprint density at radius 2 is 1.95 bits per heavy atom. The zero-order valence-electron chi connectivity index (χ0n) is 30.5. The highest BCUT2D eigenvalue weighted by Crippen LogP contribution is 2.43. The number of carbonyl (C=O) groups excluding carboxylic acids is 2. The van der Waals surface area contributed by atoms with Gasteiger partial charge in [-0.15, -0.1) is 23.1 Å². The maximum Gasteiger partial charge on any atom is 0.411 e. The Labute approximate surface area is 331 Å². The van der Waals surface area contributed by atoms with Gasteiger partial charge in [0.2, 0.25) is 11.2 Å². The van der Waals surface area contributed by atoms with Crippen LogP contribution in [0.3, 0.4) is 0 Å². The Morgan fingerprint density at radius 1 is 1.15 bits per heavy atom. The minimum atomic E-state index is -1.69. The molecule has 0 bridgehead atoms. The van der Waals surface area contributed by atoms with E-state index in [2.05, 4.69) is 20.5 Å². The van der Waals surface area contributed by atoms with Crippen LogP contribution in [-0.2, 0) is 26.4 Å². The van der Waals surface area contributed by atoms with Gasteiger partial charge >= 0.3 is 12.1 Å². The number of H-pyrrole nitrogens is 1. The highest BCUT2D eigenvalue weighted by molar-refractivity contribution is 8.03. The molecule has 13 nitrogen and oxygen atoms in total. The molecule has 4 aromatic rings. The Balaban J connectivity index is 0.935. The van der Waals surface area contributed by atoms with E-state index in [4.69, 9.17) is 25.8 Å². The third kappa shape index (κ3) is 9.48. The number of phenolic OH excluding ortho intramolecular Hbond substituents is 1. The number of aliphatic hydroxyl groups excluding tert-OH is 1. The van der Waals surface area contributed by atoms with E-state index in [1.165, 1.54) is 42.3 Å². The summed E-state index contributed by atoms with van der Waals surface area (Å²) < 4.78 is 16.9. The summed E-state index contributed by atoms with van der Waals surface area (Å²) in [5.41, 5.74) is -0.262. The molecule has 0 spiro atoms. The molecule has 1 amide bonds. The van der Waals surface area contributed by atoms with Gasteiger partial charge in [-0.2, -0.15) is 0 Å². The predicted octanol–water partition coefficient (Wildman–Crippen LogP) is 6.02. The van der Waals surface area contributed by atoms with Crippen molar-refractivity contribution in [2.45, 2.75) is 67.7 Å². The van der Waals surface area contributed by atoms with Crippen LogP contribution < -0.4 is 20.9 Å². The number of rotatable bonds is 15. The minimum absolute atomic E-state index is 0.0884. The number of hydrogen-bond donors (Lipinski definition) is 6. The third-order valence-corrected chi connectivity index (χ3v) is 12.6. The van der Waals surface area contributed by atoms with Crippen LogP contribution in [0.1, 0.15) is 54.2 Å². The van der Waals surface area contributed by atoms with Crippen molar-refractivity contribution in [2.24, 2.45) is 0 Å². The molecule has 2 aliphatic rings. The average Bonchev–Trinajstić information content (AvgIpc) is 3.93. The maximum atomic E-state index is 13.4. The molecule has 55 heavy (non-hydrogen) atoms. The van der Waals surface area contributed by atoms with Crippen LogP contribution in [0.4, 0.5) is 10.5 Å². The number of esters is 1. The van der Waals surface area contributed by atoms with E-state index in [1.807, 2.05) is 30.0 Å². The number of thiophene rings is 1. The minimum Gasteiger partial charge on any atom is -0.506 e. The van der Waals surface area contributed by atoms with E-state index in [0.717, 1.165) is 12.8 Å². The van der Waals surface area contributed by atoms with Gasteiger partial charge in [0.1, 0.15) is 24.2 Å². The molecule has 6 N–H and O–H groups in total. The molecule has 3 heterocycles. The summed E-state index contributed by atoms with van der Waals surface area (Å²) in [6.07, 6.45) is 3.59. The molecule has 16 heteroatoms. The summed E-state index contributed by atoms with van der Waals surface area (Å²) in [5, 5.41) is 42.7. The second-order valence-electron chi connectivity index (χ2n) is 13.6. The number of pyridine rings is 1. The number of amides is 1. The summed E-state index contributed by atoms with van der Waals surface area (Å²) in [4.78, 5) is 43.2. The fraction of sp³-hybridized carbons (Fsp3) is 0.410. The van der Waals surface area contributed by atoms with Crippen LogP contribution in [0.15, 0.2) is 70.2 Å². The van der Waals surface area contributed by atoms with Crippen molar-refractivity contribution >= 4 is 63.4 Å². The van der Waals surface area contributed by atoms with Crippen molar-refractivity contribution < 1.29 is 39.1 Å². The molecule has 6 rings (SSSR count). The lowest BCUT2D eigenvalue weighted by molar-refractivity contribution is -0.174. The van der Waals surface area contributed by atoms with E-state index in [0.29, 0.717) is 58.6 Å². The number of halogens is 1. The topological polar surface area (TPSA) is 183 Å². The number of aliphatic hydroxyl groups is 2. The van der Waals surface area contributed by atoms with Crippen molar-refractivity contribution in [3.05, 3.63) is 96.8 Å². The van der Waals surface area contributed by atoms with Gasteiger partial charge in [-0.3, -0.25) is 10.1 Å². The van der Waals surface area contributed by atoms with Gasteiger partial charge in [-0.25, -0.2) is 9.59 Å². The van der Waals surface area contributed by atoms with Crippen LogP contribution in [0.25, 0.3) is 10.9 Å². The number of hydrogen-bond acceptors (Lipinski definition) is 13. The fourth-order valence-corrected chi connectivity index (χ4v) is 9.25. The lowest BCUT2D eigenvalue weighted by Crippen LogP contribution is -2.47. The normalized spacial score (nSPS) is 19.9. The number of aromatic hydroxyl groups is 1. The van der Waals surface area contributed by atoms with Gasteiger partial charge in [0.15, 0.2) is 0 Å². The molecule has 2 unspecified atom stereocenters. The number of carbonyl (C=O) groups is 2. The molecule has 294 valence electrons. The molecule has 2 aromatic heterocycles. The number of methoxy groups -OCH3 is 1.